The van der Waals surface area contributed by atoms with Gasteiger partial charge < -0.3 is 14.3 Å². The first-order valence-corrected chi connectivity index (χ1v) is 10.2. The van der Waals surface area contributed by atoms with Crippen LogP contribution in [0.15, 0.2) is 59.5 Å². The smallest absolute Gasteiger partial charge is 0.312 e. The molecule has 0 aromatic carbocycles. The van der Waals surface area contributed by atoms with Gasteiger partial charge in [0.2, 0.25) is 0 Å². The molecule has 32 heavy (non-hydrogen) atoms. The van der Waals surface area contributed by atoms with Crippen molar-refractivity contribution in [3.05, 3.63) is 83.7 Å². The van der Waals surface area contributed by atoms with Crippen LogP contribution in [0.4, 0.5) is 0 Å². The number of aromatic nitrogens is 7. The van der Waals surface area contributed by atoms with Crippen LogP contribution < -0.4 is 0 Å². The lowest BCUT2D eigenvalue weighted by Crippen LogP contribution is -2.41. The van der Waals surface area contributed by atoms with E-state index in [9.17, 15) is 4.79 Å². The van der Waals surface area contributed by atoms with E-state index in [2.05, 4.69) is 25.1 Å². The number of hydrogen-bond acceptors (Lipinski definition) is 7. The summed E-state index contributed by atoms with van der Waals surface area (Å²) in [6.45, 7) is 2.41. The first-order valence-electron chi connectivity index (χ1n) is 10.2. The van der Waals surface area contributed by atoms with Gasteiger partial charge in [0.1, 0.15) is 11.7 Å². The lowest BCUT2D eigenvalue weighted by molar-refractivity contribution is 0.0646. The maximum absolute atomic E-state index is 13.5. The lowest BCUT2D eigenvalue weighted by Gasteiger charge is -2.32. The Morgan fingerprint density at radius 2 is 2.12 bits per heavy atom. The third-order valence-corrected chi connectivity index (χ3v) is 5.59. The van der Waals surface area contributed by atoms with E-state index in [-0.39, 0.29) is 17.7 Å². The van der Waals surface area contributed by atoms with Crippen molar-refractivity contribution in [2.75, 3.05) is 6.54 Å². The molecule has 1 N–H and O–H groups in total. The quantitative estimate of drug-likeness (QED) is 0.471. The summed E-state index contributed by atoms with van der Waals surface area (Å²) in [5.74, 6) is -0.253. The molecule has 1 amide bonds. The van der Waals surface area contributed by atoms with Gasteiger partial charge in [-0.15, -0.1) is 10.2 Å². The Morgan fingerprint density at radius 3 is 2.97 bits per heavy atom. The van der Waals surface area contributed by atoms with Gasteiger partial charge in [0.25, 0.3) is 5.89 Å². The number of pyridine rings is 2. The Kier molecular flexibility index (Phi) is 4.10. The van der Waals surface area contributed by atoms with Crippen molar-refractivity contribution >= 4 is 11.4 Å². The Balaban J connectivity index is 1.38. The highest BCUT2D eigenvalue weighted by Crippen LogP contribution is 2.34. The number of carbonyl (C=O) groups excluding carboxylic acids is 1. The highest BCUT2D eigenvalue weighted by molar-refractivity contribution is 5.90. The topological polar surface area (TPSA) is 118 Å². The normalized spacial score (nSPS) is 15.8. The second-order valence-corrected chi connectivity index (χ2v) is 7.69. The van der Waals surface area contributed by atoms with Crippen LogP contribution in [0.5, 0.6) is 0 Å². The molecular weight excluding hydrogens is 408 g/mol. The molecule has 158 valence electrons. The van der Waals surface area contributed by atoms with Crippen molar-refractivity contribution in [3.8, 4) is 11.6 Å². The van der Waals surface area contributed by atoms with Gasteiger partial charge in [0.15, 0.2) is 0 Å². The average molecular weight is 426 g/mol. The van der Waals surface area contributed by atoms with Crippen LogP contribution in [0.2, 0.25) is 0 Å². The molecular formula is C22H18N8O2. The minimum Gasteiger partial charge on any atom is -0.411 e. The van der Waals surface area contributed by atoms with E-state index in [0.29, 0.717) is 18.7 Å². The largest absolute Gasteiger partial charge is 0.411 e. The monoisotopic (exact) mass is 426 g/mol. The van der Waals surface area contributed by atoms with E-state index in [1.54, 1.807) is 28.0 Å². The maximum Gasteiger partial charge on any atom is 0.312 e. The number of rotatable bonds is 3. The SMILES string of the molecule is Cc1ccc(-c2nnc(C(=O)N3CCc4[nH]cnc4[C@@H]3c3cc4ccccn4n3)o2)nc1. The second kappa shape index (κ2) is 7.12. The van der Waals surface area contributed by atoms with E-state index in [1.807, 2.05) is 43.5 Å². The highest BCUT2D eigenvalue weighted by Gasteiger charge is 2.38. The summed E-state index contributed by atoms with van der Waals surface area (Å²) >= 11 is 0. The summed E-state index contributed by atoms with van der Waals surface area (Å²) in [7, 11) is 0. The molecule has 5 aromatic rings. The van der Waals surface area contributed by atoms with Crippen molar-refractivity contribution < 1.29 is 9.21 Å². The summed E-state index contributed by atoms with van der Waals surface area (Å²) in [4.78, 5) is 27.1. The molecule has 0 spiro atoms. The van der Waals surface area contributed by atoms with Crippen LogP contribution in [0, 0.1) is 6.92 Å². The molecule has 5 aromatic heterocycles. The molecule has 6 rings (SSSR count). The fraction of sp³-hybridized carbons (Fsp3) is 0.182. The van der Waals surface area contributed by atoms with Gasteiger partial charge in [0.05, 0.1) is 23.2 Å². The van der Waals surface area contributed by atoms with Gasteiger partial charge in [-0.2, -0.15) is 5.10 Å². The third-order valence-electron chi connectivity index (χ3n) is 5.59. The van der Waals surface area contributed by atoms with Gasteiger partial charge >= 0.3 is 11.8 Å². The molecule has 6 heterocycles. The van der Waals surface area contributed by atoms with E-state index >= 15 is 0 Å². The molecule has 0 radical (unpaired) electrons. The van der Waals surface area contributed by atoms with Crippen molar-refractivity contribution in [1.29, 1.82) is 0 Å². The summed E-state index contributed by atoms with van der Waals surface area (Å²) in [5.41, 5.74) is 4.95. The zero-order valence-corrected chi connectivity index (χ0v) is 17.1. The Morgan fingerprint density at radius 1 is 1.19 bits per heavy atom. The zero-order chi connectivity index (χ0) is 21.7. The van der Waals surface area contributed by atoms with Crippen molar-refractivity contribution in [1.82, 2.24) is 39.7 Å². The lowest BCUT2D eigenvalue weighted by atomic mass is 9.99. The molecule has 10 heteroatoms. The van der Waals surface area contributed by atoms with Crippen molar-refractivity contribution in [2.24, 2.45) is 0 Å². The van der Waals surface area contributed by atoms with E-state index in [4.69, 9.17) is 9.52 Å². The second-order valence-electron chi connectivity index (χ2n) is 7.69. The third kappa shape index (κ3) is 2.96. The highest BCUT2D eigenvalue weighted by atomic mass is 16.4. The molecule has 1 atom stereocenters. The van der Waals surface area contributed by atoms with E-state index in [0.717, 1.165) is 28.2 Å². The molecule has 0 saturated carbocycles. The van der Waals surface area contributed by atoms with Crippen LogP contribution in [0.1, 0.15) is 39.4 Å². The van der Waals surface area contributed by atoms with Crippen molar-refractivity contribution in [2.45, 2.75) is 19.4 Å². The molecule has 0 fully saturated rings. The summed E-state index contributed by atoms with van der Waals surface area (Å²) in [6.07, 6.45) is 5.88. The molecule has 1 aliphatic rings. The number of carbonyl (C=O) groups is 1. The number of fused-ring (bicyclic) bond motifs is 2. The number of H-pyrrole nitrogens is 1. The maximum atomic E-state index is 13.5. The summed E-state index contributed by atoms with van der Waals surface area (Å²) in [6, 6.07) is 11.0. The van der Waals surface area contributed by atoms with Gasteiger partial charge in [0, 0.05) is 31.1 Å². The number of nitrogens with one attached hydrogen (secondary N) is 1. The molecule has 0 saturated heterocycles. The number of imidazole rings is 1. The predicted octanol–water partition coefficient (Wildman–Crippen LogP) is 2.60. The Labute approximate surface area is 181 Å². The minimum absolute atomic E-state index is 0.0878. The van der Waals surface area contributed by atoms with Crippen LogP contribution >= 0.6 is 0 Å². The number of amides is 1. The number of nitrogens with zero attached hydrogens (tertiary/aromatic N) is 7. The first kappa shape index (κ1) is 18.4. The zero-order valence-electron chi connectivity index (χ0n) is 17.1. The van der Waals surface area contributed by atoms with Crippen molar-refractivity contribution in [3.63, 3.8) is 0 Å². The fourth-order valence-electron chi connectivity index (χ4n) is 4.02. The van der Waals surface area contributed by atoms with Crippen LogP contribution in [0.3, 0.4) is 0 Å². The van der Waals surface area contributed by atoms with Gasteiger partial charge in [-0.1, -0.05) is 12.1 Å². The van der Waals surface area contributed by atoms with E-state index in [1.165, 1.54) is 0 Å². The predicted molar refractivity (Wildman–Crippen MR) is 113 cm³/mol. The molecule has 0 aliphatic carbocycles. The Bertz CT molecular complexity index is 1400. The van der Waals surface area contributed by atoms with Crippen LogP contribution in [-0.4, -0.2) is 52.1 Å². The molecule has 0 unspecified atom stereocenters. The number of hydrogen-bond donors (Lipinski definition) is 1. The number of aromatic amines is 1. The fourth-order valence-corrected chi connectivity index (χ4v) is 4.02. The van der Waals surface area contributed by atoms with Gasteiger partial charge in [-0.3, -0.25) is 9.78 Å². The average Bonchev–Trinajstić information content (AvgIpc) is 3.57. The van der Waals surface area contributed by atoms with E-state index < -0.39 is 6.04 Å². The summed E-state index contributed by atoms with van der Waals surface area (Å²) in [5, 5.41) is 12.7. The van der Waals surface area contributed by atoms with Gasteiger partial charge in [-0.05, 0) is 36.8 Å². The van der Waals surface area contributed by atoms with Gasteiger partial charge in [-0.25, -0.2) is 9.50 Å². The molecule has 1 aliphatic heterocycles. The molecule has 0 bridgehead atoms. The minimum atomic E-state index is -0.467. The van der Waals surface area contributed by atoms with Crippen LogP contribution in [0.25, 0.3) is 17.1 Å². The standard InChI is InChI=1S/C22H18N8O2/c1-13-5-6-16(23-11-13)20-26-27-21(32-20)22(31)29-9-7-15-18(25-12-24-15)19(29)17-10-14-4-2-3-8-30(14)28-17/h2-6,8,10-12,19H,7,9H2,1H3,(H,24,25)/t19-/m0/s1. The Hall–Kier alpha value is -4.34. The number of aryl methyl sites for hydroxylation is 1. The summed E-state index contributed by atoms with van der Waals surface area (Å²) < 4.78 is 7.49. The van der Waals surface area contributed by atoms with Crippen LogP contribution in [-0.2, 0) is 6.42 Å². The molecule has 10 nitrogen and oxygen atoms in total. The first-order chi connectivity index (χ1) is 15.7.